The van der Waals surface area contributed by atoms with Crippen LogP contribution in [0.5, 0.6) is 11.5 Å². The summed E-state index contributed by atoms with van der Waals surface area (Å²) in [6.45, 7) is 0.550. The minimum atomic E-state index is -4.07. The van der Waals surface area contributed by atoms with E-state index in [2.05, 4.69) is 5.32 Å². The first-order valence-corrected chi connectivity index (χ1v) is 15.4. The maximum absolute atomic E-state index is 13.6. The zero-order chi connectivity index (χ0) is 27.8. The fourth-order valence-corrected chi connectivity index (χ4v) is 7.68. The number of carbonyl (C=O) groups is 1. The molecule has 2 aliphatic rings. The highest BCUT2D eigenvalue weighted by Crippen LogP contribution is 2.38. The van der Waals surface area contributed by atoms with Crippen molar-refractivity contribution in [3.8, 4) is 11.5 Å². The Balaban J connectivity index is 1.45. The van der Waals surface area contributed by atoms with Gasteiger partial charge >= 0.3 is 0 Å². The molecule has 0 saturated carbocycles. The van der Waals surface area contributed by atoms with Gasteiger partial charge in [0.05, 0.1) is 34.8 Å². The van der Waals surface area contributed by atoms with Crippen LogP contribution in [0.4, 0.5) is 11.4 Å². The summed E-state index contributed by atoms with van der Waals surface area (Å²) < 4.78 is 67.1. The Morgan fingerprint density at radius 3 is 2.31 bits per heavy atom. The third kappa shape index (κ3) is 5.29. The second kappa shape index (κ2) is 10.7. The van der Waals surface area contributed by atoms with Crippen molar-refractivity contribution >= 4 is 48.9 Å². The minimum Gasteiger partial charge on any atom is -0.495 e. The van der Waals surface area contributed by atoms with E-state index in [1.54, 1.807) is 24.3 Å². The van der Waals surface area contributed by atoms with Crippen LogP contribution in [0.15, 0.2) is 76.5 Å². The van der Waals surface area contributed by atoms with E-state index in [-0.39, 0.29) is 39.2 Å². The second-order valence-electron chi connectivity index (χ2n) is 9.03. The van der Waals surface area contributed by atoms with E-state index in [1.807, 2.05) is 0 Å². The molecule has 0 aromatic heterocycles. The number of nitrogens with zero attached hydrogens (tertiary/aromatic N) is 2. The predicted molar refractivity (Wildman–Crippen MR) is 146 cm³/mol. The molecular weight excluding hydrogens is 566 g/mol. The molecule has 2 heterocycles. The van der Waals surface area contributed by atoms with Crippen molar-refractivity contribution in [1.29, 1.82) is 0 Å². The molecule has 0 spiro atoms. The van der Waals surface area contributed by atoms with Gasteiger partial charge in [0, 0.05) is 18.1 Å². The number of hydrogen-bond acceptors (Lipinski definition) is 7. The van der Waals surface area contributed by atoms with Crippen LogP contribution in [-0.4, -0.2) is 59.9 Å². The van der Waals surface area contributed by atoms with Gasteiger partial charge in [-0.15, -0.1) is 0 Å². The van der Waals surface area contributed by atoms with E-state index in [9.17, 15) is 21.6 Å². The van der Waals surface area contributed by atoms with Crippen molar-refractivity contribution in [1.82, 2.24) is 4.31 Å². The number of nitrogens with one attached hydrogen (secondary N) is 1. The lowest BCUT2D eigenvalue weighted by atomic mass is 10.2. The molecule has 5 rings (SSSR count). The number of ether oxygens (including phenoxy) is 2. The van der Waals surface area contributed by atoms with E-state index in [1.165, 1.54) is 53.9 Å². The van der Waals surface area contributed by atoms with Crippen LogP contribution in [0.2, 0.25) is 5.02 Å². The monoisotopic (exact) mass is 591 g/mol. The Labute approximate surface area is 232 Å². The Bertz CT molecular complexity index is 1610. The number of amides is 1. The minimum absolute atomic E-state index is 0.00394. The standard InChI is InChI=1S/C26H26ClN3O7S2/c1-36-23-13-12-20(38(32,33)29-14-4-5-15-29)16-21(23)28-26(31)25-17-30(22-6-2-3-7-24(22)37-25)39(34,35)19-10-8-18(27)9-11-19/h2-3,6-13,16,25H,4-5,14-15,17H2,1H3,(H,28,31)/t25-/m0/s1. The first kappa shape index (κ1) is 27.3. The number of fused-ring (bicyclic) bond motifs is 1. The molecule has 3 aromatic carbocycles. The number of sulfonamides is 2. The van der Waals surface area contributed by atoms with Crippen LogP contribution >= 0.6 is 11.6 Å². The molecule has 1 saturated heterocycles. The first-order valence-electron chi connectivity index (χ1n) is 12.1. The molecule has 0 aliphatic carbocycles. The number of para-hydroxylation sites is 2. The maximum Gasteiger partial charge on any atom is 0.267 e. The highest BCUT2D eigenvalue weighted by molar-refractivity contribution is 7.92. The fourth-order valence-electron chi connectivity index (χ4n) is 4.54. The Kier molecular flexibility index (Phi) is 7.47. The largest absolute Gasteiger partial charge is 0.495 e. The summed E-state index contributed by atoms with van der Waals surface area (Å²) >= 11 is 5.94. The molecule has 1 N–H and O–H groups in total. The van der Waals surface area contributed by atoms with Crippen LogP contribution in [0, 0.1) is 0 Å². The molecule has 206 valence electrons. The SMILES string of the molecule is COc1ccc(S(=O)(=O)N2CCCC2)cc1NC(=O)[C@@H]1CN(S(=O)(=O)c2ccc(Cl)cc2)c2ccccc2O1. The summed E-state index contributed by atoms with van der Waals surface area (Å²) in [7, 11) is -6.43. The van der Waals surface area contributed by atoms with Crippen molar-refractivity contribution in [3.05, 3.63) is 71.8 Å². The lowest BCUT2D eigenvalue weighted by Crippen LogP contribution is -2.48. The van der Waals surface area contributed by atoms with Crippen LogP contribution in [0.25, 0.3) is 0 Å². The molecule has 13 heteroatoms. The second-order valence-corrected chi connectivity index (χ2v) is 13.3. The van der Waals surface area contributed by atoms with Gasteiger partial charge in [-0.05, 0) is 67.4 Å². The van der Waals surface area contributed by atoms with Crippen molar-refractivity contribution in [3.63, 3.8) is 0 Å². The molecule has 1 atom stereocenters. The number of hydrogen-bond donors (Lipinski definition) is 1. The molecule has 3 aromatic rings. The number of benzene rings is 3. The van der Waals surface area contributed by atoms with Crippen molar-refractivity contribution in [2.24, 2.45) is 0 Å². The lowest BCUT2D eigenvalue weighted by molar-refractivity contribution is -0.122. The Morgan fingerprint density at radius 2 is 1.62 bits per heavy atom. The summed E-state index contributed by atoms with van der Waals surface area (Å²) in [5, 5.41) is 3.06. The first-order chi connectivity index (χ1) is 18.6. The van der Waals surface area contributed by atoms with Gasteiger partial charge in [-0.2, -0.15) is 4.31 Å². The zero-order valence-electron chi connectivity index (χ0n) is 20.9. The van der Waals surface area contributed by atoms with Crippen LogP contribution < -0.4 is 19.1 Å². The number of halogens is 1. The topological polar surface area (TPSA) is 122 Å². The average Bonchev–Trinajstić information content (AvgIpc) is 3.49. The predicted octanol–water partition coefficient (Wildman–Crippen LogP) is 3.73. The molecule has 39 heavy (non-hydrogen) atoms. The Morgan fingerprint density at radius 1 is 0.949 bits per heavy atom. The summed E-state index contributed by atoms with van der Waals surface area (Å²) in [5.41, 5.74) is 0.408. The number of anilines is 2. The van der Waals surface area contributed by atoms with Crippen molar-refractivity contribution in [2.75, 3.05) is 36.4 Å². The average molecular weight is 592 g/mol. The van der Waals surface area contributed by atoms with E-state index in [0.29, 0.717) is 18.1 Å². The van der Waals surface area contributed by atoms with E-state index in [0.717, 1.165) is 17.1 Å². The van der Waals surface area contributed by atoms with Crippen molar-refractivity contribution in [2.45, 2.75) is 28.7 Å². The summed E-state index contributed by atoms with van der Waals surface area (Å²) in [6, 6.07) is 16.5. The van der Waals surface area contributed by atoms with E-state index < -0.39 is 32.1 Å². The lowest BCUT2D eigenvalue weighted by Gasteiger charge is -2.34. The van der Waals surface area contributed by atoms with E-state index in [4.69, 9.17) is 21.1 Å². The van der Waals surface area contributed by atoms with Gasteiger partial charge in [0.1, 0.15) is 11.5 Å². The molecule has 0 radical (unpaired) electrons. The number of methoxy groups -OCH3 is 1. The van der Waals surface area contributed by atoms with Crippen LogP contribution in [0.3, 0.4) is 0 Å². The number of carbonyl (C=O) groups excluding carboxylic acids is 1. The molecule has 1 fully saturated rings. The molecule has 0 unspecified atom stereocenters. The van der Waals surface area contributed by atoms with Gasteiger partial charge in [0.25, 0.3) is 15.9 Å². The zero-order valence-corrected chi connectivity index (χ0v) is 23.3. The molecular formula is C26H26ClN3O7S2. The third-order valence-corrected chi connectivity index (χ3v) is 10.5. The maximum atomic E-state index is 13.6. The van der Waals surface area contributed by atoms with Crippen molar-refractivity contribution < 1.29 is 31.1 Å². The van der Waals surface area contributed by atoms with Gasteiger partial charge in [-0.3, -0.25) is 9.10 Å². The molecule has 0 bridgehead atoms. The van der Waals surface area contributed by atoms with Crippen LogP contribution in [-0.2, 0) is 24.8 Å². The quantitative estimate of drug-likeness (QED) is 0.444. The van der Waals surface area contributed by atoms with Gasteiger partial charge in [0.15, 0.2) is 6.10 Å². The molecule has 1 amide bonds. The smallest absolute Gasteiger partial charge is 0.267 e. The molecule has 10 nitrogen and oxygen atoms in total. The van der Waals surface area contributed by atoms with Gasteiger partial charge in [-0.1, -0.05) is 23.7 Å². The number of rotatable bonds is 7. The summed E-state index contributed by atoms with van der Waals surface area (Å²) in [5.74, 6) is -0.223. The molecule has 2 aliphatic heterocycles. The van der Waals surface area contributed by atoms with Gasteiger partial charge in [0.2, 0.25) is 10.0 Å². The van der Waals surface area contributed by atoms with Crippen LogP contribution in [0.1, 0.15) is 12.8 Å². The third-order valence-electron chi connectivity index (χ3n) is 6.56. The highest BCUT2D eigenvalue weighted by atomic mass is 35.5. The van der Waals surface area contributed by atoms with E-state index >= 15 is 0 Å². The summed E-state index contributed by atoms with van der Waals surface area (Å²) in [4.78, 5) is 13.4. The fraction of sp³-hybridized carbons (Fsp3) is 0.269. The highest BCUT2D eigenvalue weighted by Gasteiger charge is 2.38. The Hall–Kier alpha value is -3.32. The normalized spacial score (nSPS) is 17.8. The van der Waals surface area contributed by atoms with Gasteiger partial charge < -0.3 is 14.8 Å². The summed E-state index contributed by atoms with van der Waals surface area (Å²) in [6.07, 6.45) is 0.328. The van der Waals surface area contributed by atoms with Gasteiger partial charge in [-0.25, -0.2) is 16.8 Å².